The fourth-order valence-corrected chi connectivity index (χ4v) is 3.00. The average Bonchev–Trinajstić information content (AvgIpc) is 3.22. The average molecular weight is 347 g/mol. The predicted octanol–water partition coefficient (Wildman–Crippen LogP) is 2.68. The number of hydrogen-bond acceptors (Lipinski definition) is 4. The number of hydrogen-bond donors (Lipinski definition) is 1. The molecule has 4 rings (SSSR count). The lowest BCUT2D eigenvalue weighted by atomic mass is 10.1. The second kappa shape index (κ2) is 5.54. The Hall–Kier alpha value is -2.97. The number of amides is 1. The minimum atomic E-state index is -4.51. The molecule has 1 aliphatic rings. The second-order valence-electron chi connectivity index (χ2n) is 5.78. The Morgan fingerprint density at radius 2 is 2.12 bits per heavy atom. The van der Waals surface area contributed by atoms with E-state index in [1.54, 1.807) is 18.5 Å². The van der Waals surface area contributed by atoms with E-state index < -0.39 is 18.5 Å². The molecule has 0 aliphatic carbocycles. The molecule has 0 bridgehead atoms. The molecule has 3 aromatic rings. The van der Waals surface area contributed by atoms with Crippen LogP contribution in [0.2, 0.25) is 0 Å². The van der Waals surface area contributed by atoms with Gasteiger partial charge in [-0.25, -0.2) is 15.0 Å². The molecule has 25 heavy (non-hydrogen) atoms. The molecule has 1 amide bonds. The molecule has 0 radical (unpaired) electrons. The van der Waals surface area contributed by atoms with E-state index in [1.807, 2.05) is 6.07 Å². The Labute approximate surface area is 139 Å². The van der Waals surface area contributed by atoms with Crippen LogP contribution in [0.3, 0.4) is 0 Å². The summed E-state index contributed by atoms with van der Waals surface area (Å²) >= 11 is 0. The molecule has 3 aromatic heterocycles. The van der Waals surface area contributed by atoms with Crippen LogP contribution in [0.4, 0.5) is 13.2 Å². The highest BCUT2D eigenvalue weighted by molar-refractivity contribution is 6.08. The van der Waals surface area contributed by atoms with Crippen molar-refractivity contribution in [2.24, 2.45) is 0 Å². The van der Waals surface area contributed by atoms with Gasteiger partial charge in [0, 0.05) is 30.1 Å². The maximum atomic E-state index is 12.4. The zero-order chi connectivity index (χ0) is 17.6. The molecule has 0 saturated heterocycles. The lowest BCUT2D eigenvalue weighted by Gasteiger charge is -2.17. The van der Waals surface area contributed by atoms with Gasteiger partial charge in [0.25, 0.3) is 0 Å². The Balaban J connectivity index is 1.69. The van der Waals surface area contributed by atoms with Crippen molar-refractivity contribution in [3.63, 3.8) is 0 Å². The molecule has 0 unspecified atom stereocenters. The van der Waals surface area contributed by atoms with E-state index in [2.05, 4.69) is 19.9 Å². The number of pyridine rings is 1. The summed E-state index contributed by atoms with van der Waals surface area (Å²) in [6.07, 6.45) is 0.548. The minimum absolute atomic E-state index is 0.0962. The molecular formula is C16H12F3N5O. The molecular weight excluding hydrogens is 335 g/mol. The van der Waals surface area contributed by atoms with Gasteiger partial charge in [-0.15, -0.1) is 0 Å². The molecule has 0 atom stereocenters. The van der Waals surface area contributed by atoms with Gasteiger partial charge in [-0.3, -0.25) is 4.79 Å². The number of halogens is 3. The normalized spacial score (nSPS) is 15.2. The molecule has 6 nitrogen and oxygen atoms in total. The summed E-state index contributed by atoms with van der Waals surface area (Å²) in [4.78, 5) is 28.7. The third-order valence-corrected chi connectivity index (χ3v) is 4.11. The summed E-state index contributed by atoms with van der Waals surface area (Å²) in [5, 5.41) is 1.60. The zero-order valence-electron chi connectivity index (χ0n) is 12.8. The maximum Gasteiger partial charge on any atom is 0.397 e. The summed E-state index contributed by atoms with van der Waals surface area (Å²) in [5.41, 5.74) is 2.64. The third kappa shape index (κ3) is 2.81. The Morgan fingerprint density at radius 1 is 1.28 bits per heavy atom. The molecule has 0 aromatic carbocycles. The highest BCUT2D eigenvalue weighted by atomic mass is 19.4. The highest BCUT2D eigenvalue weighted by Crippen LogP contribution is 2.31. The quantitative estimate of drug-likeness (QED) is 0.773. The van der Waals surface area contributed by atoms with Gasteiger partial charge in [0.1, 0.15) is 6.42 Å². The Kier molecular flexibility index (Phi) is 3.45. The van der Waals surface area contributed by atoms with Crippen LogP contribution in [0.1, 0.15) is 12.1 Å². The standard InChI is InChI=1S/C16H12F3N5O/c17-16(18,19)5-12(25)24-4-2-9(7-24)14-13-10-1-3-20-15(10)21-6-11(13)22-8-23-14/h1-3,6,8H,4-5,7H2,(H,22,23). The molecule has 9 heteroatoms. The van der Waals surface area contributed by atoms with E-state index in [0.29, 0.717) is 16.9 Å². The third-order valence-electron chi connectivity index (χ3n) is 4.11. The first-order valence-corrected chi connectivity index (χ1v) is 7.53. The van der Waals surface area contributed by atoms with Crippen molar-refractivity contribution in [3.8, 4) is 0 Å². The van der Waals surface area contributed by atoms with Crippen molar-refractivity contribution >= 4 is 33.4 Å². The summed E-state index contributed by atoms with van der Waals surface area (Å²) in [7, 11) is 0. The van der Waals surface area contributed by atoms with Crippen molar-refractivity contribution < 1.29 is 18.0 Å². The van der Waals surface area contributed by atoms with Gasteiger partial charge in [-0.2, -0.15) is 13.2 Å². The van der Waals surface area contributed by atoms with Gasteiger partial charge < -0.3 is 9.88 Å². The van der Waals surface area contributed by atoms with Crippen molar-refractivity contribution in [1.29, 1.82) is 0 Å². The van der Waals surface area contributed by atoms with Crippen molar-refractivity contribution in [2.45, 2.75) is 12.6 Å². The lowest BCUT2D eigenvalue weighted by molar-refractivity contribution is -0.160. The smallest absolute Gasteiger partial charge is 0.345 e. The summed E-state index contributed by atoms with van der Waals surface area (Å²) in [6.45, 7) is 0.235. The van der Waals surface area contributed by atoms with E-state index in [-0.39, 0.29) is 13.1 Å². The number of carbonyl (C=O) groups is 1. The fourth-order valence-electron chi connectivity index (χ4n) is 3.00. The maximum absolute atomic E-state index is 12.4. The molecule has 1 aliphatic heterocycles. The molecule has 0 fully saturated rings. The summed E-state index contributed by atoms with van der Waals surface area (Å²) < 4.78 is 37.3. The zero-order valence-corrected chi connectivity index (χ0v) is 12.8. The first kappa shape index (κ1) is 15.6. The van der Waals surface area contributed by atoms with Gasteiger partial charge >= 0.3 is 6.18 Å². The molecule has 128 valence electrons. The van der Waals surface area contributed by atoms with E-state index in [0.717, 1.165) is 16.3 Å². The van der Waals surface area contributed by atoms with Crippen molar-refractivity contribution in [1.82, 2.24) is 24.8 Å². The number of aromatic nitrogens is 4. The topological polar surface area (TPSA) is 74.8 Å². The SMILES string of the molecule is O=C(CC(F)(F)F)N1CC=C(c2nc[nH]c3cnc4nccc4c23)C1. The fraction of sp³-hybridized carbons (Fsp3) is 0.250. The van der Waals surface area contributed by atoms with Crippen LogP contribution in [-0.2, 0) is 4.79 Å². The Morgan fingerprint density at radius 3 is 2.92 bits per heavy atom. The van der Waals surface area contributed by atoms with Crippen LogP contribution in [0.15, 0.2) is 30.9 Å². The van der Waals surface area contributed by atoms with Gasteiger partial charge in [0.2, 0.25) is 5.91 Å². The van der Waals surface area contributed by atoms with E-state index in [1.165, 1.54) is 11.2 Å². The number of H-pyrrole nitrogens is 1. The van der Waals surface area contributed by atoms with Crippen LogP contribution in [0.25, 0.3) is 27.5 Å². The first-order valence-electron chi connectivity index (χ1n) is 7.53. The van der Waals surface area contributed by atoms with Crippen LogP contribution in [-0.4, -0.2) is 50.0 Å². The van der Waals surface area contributed by atoms with E-state index >= 15 is 0 Å². The highest BCUT2D eigenvalue weighted by Gasteiger charge is 2.34. The van der Waals surface area contributed by atoms with Crippen LogP contribution >= 0.6 is 0 Å². The second-order valence-corrected chi connectivity index (χ2v) is 5.78. The number of alkyl halides is 3. The Bertz CT molecular complexity index is 1010. The van der Waals surface area contributed by atoms with Gasteiger partial charge in [0.05, 0.1) is 23.7 Å². The molecule has 0 spiro atoms. The van der Waals surface area contributed by atoms with Crippen LogP contribution in [0.5, 0.6) is 0 Å². The van der Waals surface area contributed by atoms with E-state index in [4.69, 9.17) is 0 Å². The van der Waals surface area contributed by atoms with E-state index in [9.17, 15) is 18.0 Å². The number of fused-ring (bicyclic) bond motifs is 3. The summed E-state index contributed by atoms with van der Waals surface area (Å²) in [5.74, 6) is -0.938. The van der Waals surface area contributed by atoms with Gasteiger partial charge in [0.15, 0.2) is 5.65 Å². The summed E-state index contributed by atoms with van der Waals surface area (Å²) in [6, 6.07) is 1.81. The predicted molar refractivity (Wildman–Crippen MR) is 84.4 cm³/mol. The lowest BCUT2D eigenvalue weighted by Crippen LogP contribution is -2.32. The van der Waals surface area contributed by atoms with Crippen LogP contribution < -0.4 is 0 Å². The van der Waals surface area contributed by atoms with Crippen LogP contribution in [0, 0.1) is 0 Å². The number of rotatable bonds is 2. The van der Waals surface area contributed by atoms with Crippen molar-refractivity contribution in [3.05, 3.63) is 36.6 Å². The van der Waals surface area contributed by atoms with Gasteiger partial charge in [-0.1, -0.05) is 6.08 Å². The molecule has 1 N–H and O–H groups in total. The minimum Gasteiger partial charge on any atom is -0.345 e. The monoisotopic (exact) mass is 347 g/mol. The van der Waals surface area contributed by atoms with Crippen molar-refractivity contribution in [2.75, 3.05) is 13.1 Å². The molecule has 0 saturated carbocycles. The number of nitrogens with one attached hydrogen (secondary N) is 1. The first-order chi connectivity index (χ1) is 11.9. The largest absolute Gasteiger partial charge is 0.397 e. The van der Waals surface area contributed by atoms with Gasteiger partial charge in [-0.05, 0) is 11.6 Å². The molecule has 4 heterocycles. The number of nitrogens with zero attached hydrogens (tertiary/aromatic N) is 4. The number of carbonyl (C=O) groups excluding carboxylic acids is 1. The number of aromatic amines is 1.